The molecule has 3 nitrogen and oxygen atoms in total. The van der Waals surface area contributed by atoms with E-state index in [-0.39, 0.29) is 0 Å². The summed E-state index contributed by atoms with van der Waals surface area (Å²) in [6.07, 6.45) is 1.78. The number of nitrogens with zero attached hydrogens (tertiary/aromatic N) is 1. The van der Waals surface area contributed by atoms with E-state index in [1.165, 1.54) is 5.56 Å². The number of nitrogens with one attached hydrogen (secondary N) is 1. The standard InChI is InChI=1S/C13H14BrN3/c14-12-5-6-13(17-9-12)16-8-11-3-1-10(7-15)2-4-11/h1-6,9H,7-8,15H2,(H,16,17). The first-order valence-corrected chi connectivity index (χ1v) is 6.20. The summed E-state index contributed by atoms with van der Waals surface area (Å²) in [5.41, 5.74) is 7.91. The van der Waals surface area contributed by atoms with E-state index in [1.807, 2.05) is 24.3 Å². The van der Waals surface area contributed by atoms with E-state index in [0.29, 0.717) is 6.54 Å². The third-order valence-electron chi connectivity index (χ3n) is 2.46. The Balaban J connectivity index is 1.95. The number of hydrogen-bond acceptors (Lipinski definition) is 3. The molecule has 0 aliphatic heterocycles. The zero-order valence-corrected chi connectivity index (χ0v) is 10.9. The minimum Gasteiger partial charge on any atom is -0.366 e. The third-order valence-corrected chi connectivity index (χ3v) is 2.93. The Morgan fingerprint density at radius 3 is 2.35 bits per heavy atom. The average Bonchev–Trinajstić information content (AvgIpc) is 2.39. The second-order valence-corrected chi connectivity index (χ2v) is 4.65. The van der Waals surface area contributed by atoms with Gasteiger partial charge in [-0.05, 0) is 39.2 Å². The lowest BCUT2D eigenvalue weighted by Crippen LogP contribution is -2.02. The highest BCUT2D eigenvalue weighted by Crippen LogP contribution is 2.12. The molecule has 0 bridgehead atoms. The number of hydrogen-bond donors (Lipinski definition) is 2. The molecule has 0 radical (unpaired) electrons. The highest BCUT2D eigenvalue weighted by Gasteiger charge is 1.96. The van der Waals surface area contributed by atoms with Gasteiger partial charge in [-0.2, -0.15) is 0 Å². The Kier molecular flexibility index (Phi) is 4.12. The zero-order chi connectivity index (χ0) is 12.1. The molecule has 88 valence electrons. The minimum atomic E-state index is 0.585. The van der Waals surface area contributed by atoms with Gasteiger partial charge < -0.3 is 11.1 Å². The lowest BCUT2D eigenvalue weighted by atomic mass is 10.1. The molecule has 0 saturated heterocycles. The zero-order valence-electron chi connectivity index (χ0n) is 9.36. The topological polar surface area (TPSA) is 50.9 Å². The van der Waals surface area contributed by atoms with Crippen molar-refractivity contribution in [1.29, 1.82) is 0 Å². The van der Waals surface area contributed by atoms with Gasteiger partial charge in [0.1, 0.15) is 5.82 Å². The van der Waals surface area contributed by atoms with Crippen LogP contribution in [0.25, 0.3) is 0 Å². The lowest BCUT2D eigenvalue weighted by Gasteiger charge is -2.06. The highest BCUT2D eigenvalue weighted by molar-refractivity contribution is 9.10. The maximum absolute atomic E-state index is 5.55. The van der Waals surface area contributed by atoms with Crippen molar-refractivity contribution >= 4 is 21.7 Å². The summed E-state index contributed by atoms with van der Waals surface area (Å²) in [7, 11) is 0. The summed E-state index contributed by atoms with van der Waals surface area (Å²) in [4.78, 5) is 4.25. The van der Waals surface area contributed by atoms with Crippen LogP contribution in [0.1, 0.15) is 11.1 Å². The molecule has 0 unspecified atom stereocenters. The normalized spacial score (nSPS) is 10.2. The molecule has 17 heavy (non-hydrogen) atoms. The van der Waals surface area contributed by atoms with Crippen LogP contribution in [-0.2, 0) is 13.1 Å². The maximum atomic E-state index is 5.55. The quantitative estimate of drug-likeness (QED) is 0.911. The first kappa shape index (κ1) is 12.1. The molecule has 0 atom stereocenters. The van der Waals surface area contributed by atoms with E-state index < -0.39 is 0 Å². The van der Waals surface area contributed by atoms with Crippen molar-refractivity contribution in [2.24, 2.45) is 5.73 Å². The van der Waals surface area contributed by atoms with Gasteiger partial charge in [0.15, 0.2) is 0 Å². The van der Waals surface area contributed by atoms with Crippen LogP contribution in [0.4, 0.5) is 5.82 Å². The number of aromatic nitrogens is 1. The first-order valence-electron chi connectivity index (χ1n) is 5.41. The van der Waals surface area contributed by atoms with E-state index >= 15 is 0 Å². The molecular weight excluding hydrogens is 278 g/mol. The molecule has 0 aliphatic carbocycles. The highest BCUT2D eigenvalue weighted by atomic mass is 79.9. The summed E-state index contributed by atoms with van der Waals surface area (Å²) in [5.74, 6) is 0.871. The molecule has 0 fully saturated rings. The van der Waals surface area contributed by atoms with Gasteiger partial charge in [-0.15, -0.1) is 0 Å². The Labute approximate surface area is 109 Å². The summed E-state index contributed by atoms with van der Waals surface area (Å²) < 4.78 is 0.982. The van der Waals surface area contributed by atoms with E-state index in [9.17, 15) is 0 Å². The van der Waals surface area contributed by atoms with Crippen LogP contribution >= 0.6 is 15.9 Å². The van der Waals surface area contributed by atoms with Crippen molar-refractivity contribution in [3.05, 3.63) is 58.2 Å². The van der Waals surface area contributed by atoms with Gasteiger partial charge in [0.05, 0.1) is 0 Å². The minimum absolute atomic E-state index is 0.585. The molecule has 2 aromatic rings. The fourth-order valence-electron chi connectivity index (χ4n) is 1.47. The van der Waals surface area contributed by atoms with Crippen molar-refractivity contribution in [2.45, 2.75) is 13.1 Å². The molecule has 0 saturated carbocycles. The van der Waals surface area contributed by atoms with Crippen LogP contribution in [-0.4, -0.2) is 4.98 Å². The van der Waals surface area contributed by atoms with Crippen molar-refractivity contribution in [1.82, 2.24) is 4.98 Å². The Morgan fingerprint density at radius 2 is 1.76 bits per heavy atom. The van der Waals surface area contributed by atoms with Crippen molar-refractivity contribution in [3.63, 3.8) is 0 Å². The predicted molar refractivity (Wildman–Crippen MR) is 73.6 cm³/mol. The van der Waals surface area contributed by atoms with Crippen LogP contribution in [0.5, 0.6) is 0 Å². The fourth-order valence-corrected chi connectivity index (χ4v) is 1.70. The number of anilines is 1. The van der Waals surface area contributed by atoms with Crippen LogP contribution in [0.3, 0.4) is 0 Å². The smallest absolute Gasteiger partial charge is 0.126 e. The van der Waals surface area contributed by atoms with Gasteiger partial charge in [0, 0.05) is 23.8 Å². The summed E-state index contributed by atoms with van der Waals surface area (Å²) >= 11 is 3.36. The summed E-state index contributed by atoms with van der Waals surface area (Å²) in [6.45, 7) is 1.35. The Morgan fingerprint density at radius 1 is 1.06 bits per heavy atom. The van der Waals surface area contributed by atoms with Crippen LogP contribution in [0.15, 0.2) is 47.1 Å². The Bertz CT molecular complexity index is 465. The predicted octanol–water partition coefficient (Wildman–Crippen LogP) is 2.91. The second-order valence-electron chi connectivity index (χ2n) is 3.74. The molecule has 0 spiro atoms. The average molecular weight is 292 g/mol. The molecule has 1 aromatic carbocycles. The van der Waals surface area contributed by atoms with Crippen molar-refractivity contribution in [3.8, 4) is 0 Å². The van der Waals surface area contributed by atoms with Crippen molar-refractivity contribution < 1.29 is 0 Å². The number of rotatable bonds is 4. The largest absolute Gasteiger partial charge is 0.366 e. The fraction of sp³-hybridized carbons (Fsp3) is 0.154. The number of halogens is 1. The number of benzene rings is 1. The molecule has 4 heteroatoms. The second kappa shape index (κ2) is 5.80. The van der Waals surface area contributed by atoms with Gasteiger partial charge in [-0.1, -0.05) is 24.3 Å². The molecule has 1 heterocycles. The van der Waals surface area contributed by atoms with Crippen LogP contribution in [0, 0.1) is 0 Å². The summed E-state index contributed by atoms with van der Waals surface area (Å²) in [6, 6.07) is 12.2. The Hall–Kier alpha value is -1.39. The van der Waals surface area contributed by atoms with Crippen LogP contribution < -0.4 is 11.1 Å². The maximum Gasteiger partial charge on any atom is 0.126 e. The van der Waals surface area contributed by atoms with Gasteiger partial charge >= 0.3 is 0 Å². The SMILES string of the molecule is NCc1ccc(CNc2ccc(Br)cn2)cc1. The van der Waals surface area contributed by atoms with E-state index in [0.717, 1.165) is 22.4 Å². The van der Waals surface area contributed by atoms with E-state index in [4.69, 9.17) is 5.73 Å². The van der Waals surface area contributed by atoms with Gasteiger partial charge in [-0.25, -0.2) is 4.98 Å². The molecule has 0 amide bonds. The monoisotopic (exact) mass is 291 g/mol. The summed E-state index contributed by atoms with van der Waals surface area (Å²) in [5, 5.41) is 3.26. The molecular formula is C13H14BrN3. The lowest BCUT2D eigenvalue weighted by molar-refractivity contribution is 1.05. The molecule has 2 rings (SSSR count). The molecule has 3 N–H and O–H groups in total. The molecule has 1 aromatic heterocycles. The van der Waals surface area contributed by atoms with E-state index in [2.05, 4.69) is 38.4 Å². The van der Waals surface area contributed by atoms with Crippen LogP contribution in [0.2, 0.25) is 0 Å². The van der Waals surface area contributed by atoms with Gasteiger partial charge in [0.2, 0.25) is 0 Å². The molecule has 0 aliphatic rings. The number of pyridine rings is 1. The first-order chi connectivity index (χ1) is 8.28. The van der Waals surface area contributed by atoms with Crippen molar-refractivity contribution in [2.75, 3.05) is 5.32 Å². The van der Waals surface area contributed by atoms with Gasteiger partial charge in [0.25, 0.3) is 0 Å². The van der Waals surface area contributed by atoms with Gasteiger partial charge in [-0.3, -0.25) is 0 Å². The van der Waals surface area contributed by atoms with E-state index in [1.54, 1.807) is 6.20 Å². The third kappa shape index (κ3) is 3.54. The number of nitrogens with two attached hydrogens (primary N) is 1.